The van der Waals surface area contributed by atoms with Crippen LogP contribution in [-0.4, -0.2) is 28.3 Å². The van der Waals surface area contributed by atoms with Gasteiger partial charge in [0.25, 0.3) is 5.89 Å². The number of alkyl halides is 3. The van der Waals surface area contributed by atoms with Crippen LogP contribution in [0, 0.1) is 0 Å². The molecule has 2 aromatic heterocycles. The zero-order valence-corrected chi connectivity index (χ0v) is 10.7. The number of aromatic nitrogens is 3. The zero-order valence-electron chi connectivity index (χ0n) is 10.7. The molecule has 1 N–H and O–H groups in total. The SMILES string of the molecule is CCNCCc1nnc(-c2ccc(C(F)(F)F)cn2)o1. The molecule has 0 bridgehead atoms. The van der Waals surface area contributed by atoms with Crippen LogP contribution in [0.1, 0.15) is 18.4 Å². The largest absolute Gasteiger partial charge is 0.419 e. The van der Waals surface area contributed by atoms with Gasteiger partial charge in [-0.1, -0.05) is 6.92 Å². The van der Waals surface area contributed by atoms with Crippen LogP contribution >= 0.6 is 0 Å². The van der Waals surface area contributed by atoms with Gasteiger partial charge in [-0.05, 0) is 18.7 Å². The van der Waals surface area contributed by atoms with E-state index in [4.69, 9.17) is 4.42 Å². The maximum Gasteiger partial charge on any atom is 0.417 e. The number of nitrogens with zero attached hydrogens (tertiary/aromatic N) is 3. The molecule has 0 atom stereocenters. The number of nitrogens with one attached hydrogen (secondary N) is 1. The Morgan fingerprint density at radius 3 is 2.65 bits per heavy atom. The van der Waals surface area contributed by atoms with Crippen molar-refractivity contribution in [2.45, 2.75) is 19.5 Å². The number of hydrogen-bond donors (Lipinski definition) is 1. The first kappa shape index (κ1) is 14.4. The highest BCUT2D eigenvalue weighted by atomic mass is 19.4. The van der Waals surface area contributed by atoms with E-state index in [0.29, 0.717) is 18.9 Å². The molecule has 2 heterocycles. The van der Waals surface area contributed by atoms with Gasteiger partial charge in [-0.3, -0.25) is 4.98 Å². The number of pyridine rings is 1. The van der Waals surface area contributed by atoms with E-state index in [9.17, 15) is 13.2 Å². The average Bonchev–Trinajstić information content (AvgIpc) is 2.87. The molecule has 2 rings (SSSR count). The van der Waals surface area contributed by atoms with Gasteiger partial charge in [0.05, 0.1) is 5.56 Å². The predicted molar refractivity (Wildman–Crippen MR) is 64.8 cm³/mol. The third-order valence-corrected chi connectivity index (χ3v) is 2.54. The molecule has 0 saturated carbocycles. The summed E-state index contributed by atoms with van der Waals surface area (Å²) in [6, 6.07) is 2.15. The summed E-state index contributed by atoms with van der Waals surface area (Å²) in [4.78, 5) is 3.69. The van der Waals surface area contributed by atoms with E-state index in [1.54, 1.807) is 0 Å². The van der Waals surface area contributed by atoms with Crippen molar-refractivity contribution in [2.75, 3.05) is 13.1 Å². The van der Waals surface area contributed by atoms with Crippen molar-refractivity contribution in [3.63, 3.8) is 0 Å². The minimum atomic E-state index is -4.41. The standard InChI is InChI=1S/C12H13F3N4O/c1-2-16-6-5-10-18-19-11(20-10)9-4-3-8(7-17-9)12(13,14)15/h3-4,7,16H,2,5-6H2,1H3. The molecule has 0 saturated heterocycles. The first-order valence-corrected chi connectivity index (χ1v) is 6.07. The van der Waals surface area contributed by atoms with Gasteiger partial charge in [-0.2, -0.15) is 13.2 Å². The normalized spacial score (nSPS) is 11.8. The van der Waals surface area contributed by atoms with E-state index in [-0.39, 0.29) is 11.6 Å². The van der Waals surface area contributed by atoms with Crippen LogP contribution < -0.4 is 5.32 Å². The molecule has 0 radical (unpaired) electrons. The molecule has 0 amide bonds. The number of rotatable bonds is 5. The Labute approximate surface area is 113 Å². The Morgan fingerprint density at radius 1 is 1.25 bits per heavy atom. The van der Waals surface area contributed by atoms with E-state index in [1.807, 2.05) is 6.92 Å². The lowest BCUT2D eigenvalue weighted by molar-refractivity contribution is -0.137. The summed E-state index contributed by atoms with van der Waals surface area (Å²) in [7, 11) is 0. The summed E-state index contributed by atoms with van der Waals surface area (Å²) in [5.74, 6) is 0.535. The first-order chi connectivity index (χ1) is 9.50. The van der Waals surface area contributed by atoms with Gasteiger partial charge in [0.1, 0.15) is 5.69 Å². The molecule has 0 unspecified atom stereocenters. The second kappa shape index (κ2) is 6.00. The molecule has 20 heavy (non-hydrogen) atoms. The second-order valence-corrected chi connectivity index (χ2v) is 4.03. The number of likely N-dealkylation sites (N-methyl/N-ethyl adjacent to an activating group) is 1. The minimum Gasteiger partial charge on any atom is -0.419 e. The quantitative estimate of drug-likeness (QED) is 0.854. The summed E-state index contributed by atoms with van der Waals surface area (Å²) in [5, 5.41) is 10.7. The smallest absolute Gasteiger partial charge is 0.417 e. The molecule has 0 aliphatic heterocycles. The van der Waals surface area contributed by atoms with E-state index in [2.05, 4.69) is 20.5 Å². The highest BCUT2D eigenvalue weighted by Gasteiger charge is 2.30. The van der Waals surface area contributed by atoms with E-state index in [1.165, 1.54) is 6.07 Å². The van der Waals surface area contributed by atoms with Gasteiger partial charge in [0.15, 0.2) is 0 Å². The van der Waals surface area contributed by atoms with Crippen molar-refractivity contribution in [3.05, 3.63) is 29.8 Å². The average molecular weight is 286 g/mol. The fourth-order valence-corrected chi connectivity index (χ4v) is 1.52. The molecule has 0 fully saturated rings. The highest BCUT2D eigenvalue weighted by Crippen LogP contribution is 2.29. The highest BCUT2D eigenvalue weighted by molar-refractivity contribution is 5.46. The van der Waals surface area contributed by atoms with Gasteiger partial charge in [0.2, 0.25) is 5.89 Å². The molecule has 0 aliphatic carbocycles. The summed E-state index contributed by atoms with van der Waals surface area (Å²) in [6.07, 6.45) is -3.10. The van der Waals surface area contributed by atoms with Crippen molar-refractivity contribution in [1.29, 1.82) is 0 Å². The maximum absolute atomic E-state index is 12.4. The molecule has 5 nitrogen and oxygen atoms in total. The molecular weight excluding hydrogens is 273 g/mol. The number of hydrogen-bond acceptors (Lipinski definition) is 5. The van der Waals surface area contributed by atoms with Crippen molar-refractivity contribution >= 4 is 0 Å². The maximum atomic E-state index is 12.4. The van der Waals surface area contributed by atoms with Crippen LogP contribution in [0.5, 0.6) is 0 Å². The first-order valence-electron chi connectivity index (χ1n) is 6.07. The van der Waals surface area contributed by atoms with Crippen LogP contribution in [0.25, 0.3) is 11.6 Å². The zero-order chi connectivity index (χ0) is 14.6. The van der Waals surface area contributed by atoms with E-state index >= 15 is 0 Å². The Kier molecular flexibility index (Phi) is 4.33. The lowest BCUT2D eigenvalue weighted by Gasteiger charge is -2.05. The third kappa shape index (κ3) is 3.53. The van der Waals surface area contributed by atoms with E-state index < -0.39 is 11.7 Å². The Hall–Kier alpha value is -1.96. The Bertz CT molecular complexity index is 551. The molecule has 8 heteroatoms. The monoisotopic (exact) mass is 286 g/mol. The van der Waals surface area contributed by atoms with Crippen molar-refractivity contribution in [3.8, 4) is 11.6 Å². The molecule has 0 spiro atoms. The fourth-order valence-electron chi connectivity index (χ4n) is 1.52. The van der Waals surface area contributed by atoms with Crippen LogP contribution in [0.2, 0.25) is 0 Å². The molecule has 108 valence electrons. The summed E-state index contributed by atoms with van der Waals surface area (Å²) >= 11 is 0. The van der Waals surface area contributed by atoms with Crippen LogP contribution in [-0.2, 0) is 12.6 Å². The third-order valence-electron chi connectivity index (χ3n) is 2.54. The van der Waals surface area contributed by atoms with Crippen LogP contribution in [0.4, 0.5) is 13.2 Å². The van der Waals surface area contributed by atoms with Gasteiger partial charge in [-0.15, -0.1) is 10.2 Å². The number of halogens is 3. The van der Waals surface area contributed by atoms with Gasteiger partial charge in [0, 0.05) is 19.2 Å². The van der Waals surface area contributed by atoms with Gasteiger partial charge >= 0.3 is 6.18 Å². The second-order valence-electron chi connectivity index (χ2n) is 4.03. The molecule has 0 aliphatic rings. The lowest BCUT2D eigenvalue weighted by Crippen LogP contribution is -2.16. The van der Waals surface area contributed by atoms with Gasteiger partial charge < -0.3 is 9.73 Å². The minimum absolute atomic E-state index is 0.116. The molecular formula is C12H13F3N4O. The van der Waals surface area contributed by atoms with Crippen molar-refractivity contribution in [1.82, 2.24) is 20.5 Å². The summed E-state index contributed by atoms with van der Waals surface area (Å²) in [5.41, 5.74) is -0.590. The topological polar surface area (TPSA) is 63.8 Å². The Balaban J connectivity index is 2.08. The van der Waals surface area contributed by atoms with Crippen LogP contribution in [0.15, 0.2) is 22.7 Å². The molecule has 2 aromatic rings. The van der Waals surface area contributed by atoms with Crippen molar-refractivity contribution in [2.24, 2.45) is 0 Å². The summed E-state index contributed by atoms with van der Waals surface area (Å²) in [6.45, 7) is 3.51. The van der Waals surface area contributed by atoms with Gasteiger partial charge in [-0.25, -0.2) is 0 Å². The van der Waals surface area contributed by atoms with Crippen LogP contribution in [0.3, 0.4) is 0 Å². The lowest BCUT2D eigenvalue weighted by atomic mass is 10.2. The Morgan fingerprint density at radius 2 is 2.05 bits per heavy atom. The predicted octanol–water partition coefficient (Wildman–Crippen LogP) is 2.30. The fraction of sp³-hybridized carbons (Fsp3) is 0.417. The van der Waals surface area contributed by atoms with E-state index in [0.717, 1.165) is 18.8 Å². The molecule has 0 aromatic carbocycles. The summed E-state index contributed by atoms with van der Waals surface area (Å²) < 4.78 is 42.5. The van der Waals surface area contributed by atoms with Crippen molar-refractivity contribution < 1.29 is 17.6 Å².